The minimum atomic E-state index is 0.430. The highest BCUT2D eigenvalue weighted by Crippen LogP contribution is 2.14. The third-order valence-electron chi connectivity index (χ3n) is 3.28. The maximum Gasteiger partial charge on any atom is 0.225 e. The second-order valence-corrected chi connectivity index (χ2v) is 6.09. The number of aryl methyl sites for hydroxylation is 1. The molecule has 0 radical (unpaired) electrons. The van der Waals surface area contributed by atoms with Crippen LogP contribution in [0.1, 0.15) is 52.3 Å². The molecule has 0 fully saturated rings. The van der Waals surface area contributed by atoms with Crippen LogP contribution < -0.4 is 10.2 Å². The molecule has 0 aliphatic rings. The highest BCUT2D eigenvalue weighted by molar-refractivity contribution is 5.33. The summed E-state index contributed by atoms with van der Waals surface area (Å²) in [6.45, 7) is 15.9. The van der Waals surface area contributed by atoms with Gasteiger partial charge in [0.2, 0.25) is 5.95 Å². The smallest absolute Gasteiger partial charge is 0.225 e. The summed E-state index contributed by atoms with van der Waals surface area (Å²) >= 11 is 0. The van der Waals surface area contributed by atoms with Gasteiger partial charge in [0.15, 0.2) is 0 Å². The van der Waals surface area contributed by atoms with Gasteiger partial charge in [0.1, 0.15) is 0 Å². The number of rotatable bonds is 8. The molecule has 0 spiro atoms. The Balaban J connectivity index is 2.75. The van der Waals surface area contributed by atoms with Crippen molar-refractivity contribution in [2.75, 3.05) is 18.0 Å². The Morgan fingerprint density at radius 3 is 2.45 bits per heavy atom. The first-order chi connectivity index (χ1) is 9.45. The molecule has 4 heteroatoms. The van der Waals surface area contributed by atoms with E-state index in [9.17, 15) is 0 Å². The quantitative estimate of drug-likeness (QED) is 0.793. The van der Waals surface area contributed by atoms with Gasteiger partial charge in [0.25, 0.3) is 0 Å². The molecular formula is C16H30N4. The van der Waals surface area contributed by atoms with Crippen LogP contribution >= 0.6 is 0 Å². The Morgan fingerprint density at radius 2 is 1.95 bits per heavy atom. The fourth-order valence-electron chi connectivity index (χ4n) is 2.12. The summed E-state index contributed by atoms with van der Waals surface area (Å²) < 4.78 is 0. The molecule has 0 amide bonds. The van der Waals surface area contributed by atoms with Gasteiger partial charge in [-0.15, -0.1) is 0 Å². The number of nitrogens with zero attached hydrogens (tertiary/aromatic N) is 3. The van der Waals surface area contributed by atoms with Crippen molar-refractivity contribution in [2.45, 2.75) is 60.5 Å². The van der Waals surface area contributed by atoms with Crippen LogP contribution in [0.5, 0.6) is 0 Å². The largest absolute Gasteiger partial charge is 0.338 e. The first kappa shape index (κ1) is 16.9. The van der Waals surface area contributed by atoms with Crippen molar-refractivity contribution in [2.24, 2.45) is 5.92 Å². The van der Waals surface area contributed by atoms with E-state index in [2.05, 4.69) is 61.7 Å². The lowest BCUT2D eigenvalue weighted by Crippen LogP contribution is -2.33. The van der Waals surface area contributed by atoms with E-state index in [4.69, 9.17) is 0 Å². The highest BCUT2D eigenvalue weighted by Gasteiger charge is 2.13. The van der Waals surface area contributed by atoms with E-state index >= 15 is 0 Å². The summed E-state index contributed by atoms with van der Waals surface area (Å²) in [5.41, 5.74) is 2.27. The van der Waals surface area contributed by atoms with Crippen LogP contribution in [-0.4, -0.2) is 29.1 Å². The Morgan fingerprint density at radius 1 is 1.25 bits per heavy atom. The van der Waals surface area contributed by atoms with Crippen molar-refractivity contribution in [3.05, 3.63) is 17.5 Å². The van der Waals surface area contributed by atoms with Gasteiger partial charge in [-0.2, -0.15) is 0 Å². The first-order valence-electron chi connectivity index (χ1n) is 7.75. The third-order valence-corrected chi connectivity index (χ3v) is 3.28. The molecule has 0 saturated carbocycles. The molecule has 114 valence electrons. The molecule has 1 N–H and O–H groups in total. The van der Waals surface area contributed by atoms with E-state index in [-0.39, 0.29) is 0 Å². The fourth-order valence-corrected chi connectivity index (χ4v) is 2.12. The lowest BCUT2D eigenvalue weighted by Gasteiger charge is -2.26. The molecular weight excluding hydrogens is 248 g/mol. The molecule has 0 unspecified atom stereocenters. The molecule has 0 aromatic carbocycles. The Labute approximate surface area is 124 Å². The lowest BCUT2D eigenvalue weighted by atomic mass is 10.2. The van der Waals surface area contributed by atoms with Crippen molar-refractivity contribution >= 4 is 5.95 Å². The van der Waals surface area contributed by atoms with E-state index in [0.29, 0.717) is 12.0 Å². The van der Waals surface area contributed by atoms with E-state index in [1.165, 1.54) is 5.56 Å². The minimum absolute atomic E-state index is 0.430. The summed E-state index contributed by atoms with van der Waals surface area (Å²) in [6, 6.07) is 0.430. The molecule has 0 atom stereocenters. The van der Waals surface area contributed by atoms with Crippen LogP contribution in [0.25, 0.3) is 0 Å². The van der Waals surface area contributed by atoms with E-state index in [1.807, 2.05) is 6.20 Å². The zero-order valence-electron chi connectivity index (χ0n) is 13.9. The number of anilines is 1. The third kappa shape index (κ3) is 5.08. The Bertz CT molecular complexity index is 401. The molecule has 1 heterocycles. The van der Waals surface area contributed by atoms with Gasteiger partial charge < -0.3 is 10.2 Å². The van der Waals surface area contributed by atoms with Crippen molar-refractivity contribution in [3.63, 3.8) is 0 Å². The Kier molecular flexibility index (Phi) is 6.93. The average Bonchev–Trinajstić information content (AvgIpc) is 2.37. The molecule has 0 bridgehead atoms. The standard InChI is InChI=1S/C16H30N4/c1-7-8-20(13(4)5)16-18-11-15(14(6)19-16)10-17-9-12(2)3/h11-13,17H,7-10H2,1-6H3. The summed E-state index contributed by atoms with van der Waals surface area (Å²) in [4.78, 5) is 11.5. The lowest BCUT2D eigenvalue weighted by molar-refractivity contribution is 0.549. The molecule has 1 aromatic heterocycles. The predicted molar refractivity (Wildman–Crippen MR) is 86.1 cm³/mol. The number of nitrogens with one attached hydrogen (secondary N) is 1. The second kappa shape index (κ2) is 8.20. The van der Waals surface area contributed by atoms with Crippen molar-refractivity contribution in [1.29, 1.82) is 0 Å². The maximum absolute atomic E-state index is 4.69. The number of aromatic nitrogens is 2. The van der Waals surface area contributed by atoms with Crippen LogP contribution in [0.3, 0.4) is 0 Å². The van der Waals surface area contributed by atoms with Gasteiger partial charge in [-0.1, -0.05) is 20.8 Å². The SMILES string of the molecule is CCCN(c1ncc(CNCC(C)C)c(C)n1)C(C)C. The fraction of sp³-hybridized carbons (Fsp3) is 0.750. The summed E-state index contributed by atoms with van der Waals surface area (Å²) in [7, 11) is 0. The number of hydrogen-bond acceptors (Lipinski definition) is 4. The summed E-state index contributed by atoms with van der Waals surface area (Å²) in [5.74, 6) is 1.52. The van der Waals surface area contributed by atoms with Crippen LogP contribution in [0, 0.1) is 12.8 Å². The van der Waals surface area contributed by atoms with Gasteiger partial charge in [-0.25, -0.2) is 9.97 Å². The monoisotopic (exact) mass is 278 g/mol. The highest BCUT2D eigenvalue weighted by atomic mass is 15.3. The van der Waals surface area contributed by atoms with Crippen molar-refractivity contribution < 1.29 is 0 Å². The molecule has 0 aliphatic heterocycles. The van der Waals surface area contributed by atoms with Crippen molar-refractivity contribution in [3.8, 4) is 0 Å². The molecule has 1 aromatic rings. The normalized spacial score (nSPS) is 11.4. The summed E-state index contributed by atoms with van der Waals surface area (Å²) in [5, 5.41) is 3.44. The van der Waals surface area contributed by atoms with Gasteiger partial charge in [0, 0.05) is 36.6 Å². The van der Waals surface area contributed by atoms with Gasteiger partial charge in [-0.05, 0) is 39.7 Å². The molecule has 20 heavy (non-hydrogen) atoms. The number of hydrogen-bond donors (Lipinski definition) is 1. The zero-order valence-corrected chi connectivity index (χ0v) is 13.9. The van der Waals surface area contributed by atoms with E-state index < -0.39 is 0 Å². The Hall–Kier alpha value is -1.16. The molecule has 0 aliphatic carbocycles. The van der Waals surface area contributed by atoms with E-state index in [0.717, 1.165) is 37.7 Å². The maximum atomic E-state index is 4.69. The first-order valence-corrected chi connectivity index (χ1v) is 7.75. The summed E-state index contributed by atoms with van der Waals surface area (Å²) in [6.07, 6.45) is 3.08. The van der Waals surface area contributed by atoms with Crippen molar-refractivity contribution in [1.82, 2.24) is 15.3 Å². The van der Waals surface area contributed by atoms with Crippen LogP contribution in [0.15, 0.2) is 6.20 Å². The van der Waals surface area contributed by atoms with Crippen LogP contribution in [0.2, 0.25) is 0 Å². The van der Waals surface area contributed by atoms with Crippen LogP contribution in [0.4, 0.5) is 5.95 Å². The second-order valence-electron chi connectivity index (χ2n) is 6.09. The molecule has 0 saturated heterocycles. The topological polar surface area (TPSA) is 41.1 Å². The van der Waals surface area contributed by atoms with Crippen LogP contribution in [-0.2, 0) is 6.54 Å². The molecule has 4 nitrogen and oxygen atoms in total. The predicted octanol–water partition coefficient (Wildman–Crippen LogP) is 3.16. The van der Waals surface area contributed by atoms with Gasteiger partial charge >= 0.3 is 0 Å². The van der Waals surface area contributed by atoms with E-state index in [1.54, 1.807) is 0 Å². The molecule has 1 rings (SSSR count). The average molecular weight is 278 g/mol. The zero-order chi connectivity index (χ0) is 15.1. The van der Waals surface area contributed by atoms with Gasteiger partial charge in [-0.3, -0.25) is 0 Å². The minimum Gasteiger partial charge on any atom is -0.338 e. The van der Waals surface area contributed by atoms with Gasteiger partial charge in [0.05, 0.1) is 0 Å².